The van der Waals surface area contributed by atoms with E-state index in [-0.39, 0.29) is 0 Å². The Morgan fingerprint density at radius 1 is 0.955 bits per heavy atom. The molecule has 3 N–H and O–H groups in total. The zero-order valence-corrected chi connectivity index (χ0v) is 13.8. The minimum absolute atomic E-state index is 0.509. The molecule has 0 saturated carbocycles. The highest BCUT2D eigenvalue weighted by Crippen LogP contribution is 2.30. The predicted octanol–water partition coefficient (Wildman–Crippen LogP) is 6.09. The molecule has 2 nitrogen and oxygen atoms in total. The van der Waals surface area contributed by atoms with Crippen molar-refractivity contribution in [3.8, 4) is 0 Å². The molecule has 0 aliphatic carbocycles. The van der Waals surface area contributed by atoms with Crippen LogP contribution in [0, 0.1) is 0 Å². The maximum absolute atomic E-state index is 6.19. The van der Waals surface area contributed by atoms with Gasteiger partial charge in [-0.15, -0.1) is 0 Å². The van der Waals surface area contributed by atoms with Crippen LogP contribution in [0.2, 0.25) is 0 Å². The summed E-state index contributed by atoms with van der Waals surface area (Å²) in [7, 11) is 0. The Morgan fingerprint density at radius 2 is 1.73 bits per heavy atom. The summed E-state index contributed by atoms with van der Waals surface area (Å²) in [5.74, 6) is 0.509. The molecule has 0 radical (unpaired) electrons. The molecule has 2 aromatic rings. The fourth-order valence-electron chi connectivity index (χ4n) is 2.80. The third-order valence-electron chi connectivity index (χ3n) is 4.17. The van der Waals surface area contributed by atoms with Gasteiger partial charge in [-0.1, -0.05) is 57.7 Å². The minimum atomic E-state index is 0.509. The first-order valence-electron chi connectivity index (χ1n) is 8.42. The highest BCUT2D eigenvalue weighted by atomic mass is 14.9. The number of hydrogen-bond donors (Lipinski definition) is 2. The van der Waals surface area contributed by atoms with Crippen molar-refractivity contribution in [1.82, 2.24) is 0 Å². The summed E-state index contributed by atoms with van der Waals surface area (Å²) >= 11 is 0. The molecule has 22 heavy (non-hydrogen) atoms. The Hall–Kier alpha value is -1.96. The highest BCUT2D eigenvalue weighted by molar-refractivity contribution is 5.64. The van der Waals surface area contributed by atoms with Crippen LogP contribution in [-0.2, 0) is 0 Å². The van der Waals surface area contributed by atoms with Crippen LogP contribution in [-0.4, -0.2) is 0 Å². The third-order valence-corrected chi connectivity index (χ3v) is 4.17. The molecule has 0 aromatic heterocycles. The van der Waals surface area contributed by atoms with Crippen LogP contribution in [0.15, 0.2) is 48.5 Å². The van der Waals surface area contributed by atoms with Gasteiger partial charge in [0, 0.05) is 17.1 Å². The van der Waals surface area contributed by atoms with Gasteiger partial charge in [-0.3, -0.25) is 0 Å². The summed E-state index contributed by atoms with van der Waals surface area (Å²) < 4.78 is 0. The average Bonchev–Trinajstić information content (AvgIpc) is 2.54. The lowest BCUT2D eigenvalue weighted by Gasteiger charge is -2.16. The van der Waals surface area contributed by atoms with Crippen molar-refractivity contribution in [2.45, 2.75) is 51.9 Å². The first-order valence-corrected chi connectivity index (χ1v) is 8.42. The average molecular weight is 296 g/mol. The van der Waals surface area contributed by atoms with E-state index >= 15 is 0 Å². The number of nitrogen functional groups attached to an aromatic ring is 1. The van der Waals surface area contributed by atoms with Crippen LogP contribution in [0.3, 0.4) is 0 Å². The SMILES string of the molecule is CCCCCCC(C)c1cc(Nc2ccccc2)ccc1N. The van der Waals surface area contributed by atoms with Gasteiger partial charge in [0.25, 0.3) is 0 Å². The summed E-state index contributed by atoms with van der Waals surface area (Å²) in [6.45, 7) is 4.53. The number of hydrogen-bond acceptors (Lipinski definition) is 2. The van der Waals surface area contributed by atoms with E-state index in [4.69, 9.17) is 5.73 Å². The van der Waals surface area contributed by atoms with Crippen molar-refractivity contribution in [2.75, 3.05) is 11.1 Å². The molecule has 0 aliphatic heterocycles. The van der Waals surface area contributed by atoms with E-state index in [1.165, 1.54) is 37.7 Å². The first kappa shape index (κ1) is 16.4. The van der Waals surface area contributed by atoms with E-state index in [0.29, 0.717) is 5.92 Å². The fraction of sp³-hybridized carbons (Fsp3) is 0.400. The minimum Gasteiger partial charge on any atom is -0.398 e. The largest absolute Gasteiger partial charge is 0.398 e. The molecule has 1 unspecified atom stereocenters. The molecule has 2 rings (SSSR count). The zero-order valence-electron chi connectivity index (χ0n) is 13.8. The van der Waals surface area contributed by atoms with E-state index in [1.54, 1.807) is 0 Å². The molecule has 2 heteroatoms. The Labute approximate surface area is 134 Å². The maximum atomic E-state index is 6.19. The van der Waals surface area contributed by atoms with E-state index in [2.05, 4.69) is 43.4 Å². The van der Waals surface area contributed by atoms with E-state index < -0.39 is 0 Å². The van der Waals surface area contributed by atoms with Crippen LogP contribution < -0.4 is 11.1 Å². The number of benzene rings is 2. The van der Waals surface area contributed by atoms with Crippen LogP contribution in [0.25, 0.3) is 0 Å². The lowest BCUT2D eigenvalue weighted by molar-refractivity contribution is 0.581. The topological polar surface area (TPSA) is 38.0 Å². The number of rotatable bonds is 8. The normalized spacial score (nSPS) is 12.1. The first-order chi connectivity index (χ1) is 10.7. The molecule has 118 valence electrons. The van der Waals surface area contributed by atoms with Crippen LogP contribution >= 0.6 is 0 Å². The predicted molar refractivity (Wildman–Crippen MR) is 97.8 cm³/mol. The molecule has 0 spiro atoms. The number of para-hydroxylation sites is 1. The smallest absolute Gasteiger partial charge is 0.0388 e. The van der Waals surface area contributed by atoms with Gasteiger partial charge in [0.1, 0.15) is 0 Å². The van der Waals surface area contributed by atoms with Gasteiger partial charge in [-0.2, -0.15) is 0 Å². The lowest BCUT2D eigenvalue weighted by atomic mass is 9.93. The molecule has 0 aliphatic rings. The lowest BCUT2D eigenvalue weighted by Crippen LogP contribution is -2.01. The number of nitrogens with one attached hydrogen (secondary N) is 1. The highest BCUT2D eigenvalue weighted by Gasteiger charge is 2.10. The van der Waals surface area contributed by atoms with Gasteiger partial charge < -0.3 is 11.1 Å². The van der Waals surface area contributed by atoms with Gasteiger partial charge in [-0.05, 0) is 48.2 Å². The summed E-state index contributed by atoms with van der Waals surface area (Å²) in [6.07, 6.45) is 6.43. The van der Waals surface area contributed by atoms with Gasteiger partial charge in [0.15, 0.2) is 0 Å². The van der Waals surface area contributed by atoms with Crippen molar-refractivity contribution in [1.29, 1.82) is 0 Å². The van der Waals surface area contributed by atoms with Crippen molar-refractivity contribution in [2.24, 2.45) is 0 Å². The van der Waals surface area contributed by atoms with Gasteiger partial charge in [0.2, 0.25) is 0 Å². The Bertz CT molecular complexity index is 563. The molecular formula is C20H28N2. The van der Waals surface area contributed by atoms with Gasteiger partial charge >= 0.3 is 0 Å². The zero-order chi connectivity index (χ0) is 15.8. The van der Waals surface area contributed by atoms with E-state index in [0.717, 1.165) is 17.1 Å². The summed E-state index contributed by atoms with van der Waals surface area (Å²) in [5.41, 5.74) is 10.6. The molecule has 0 fully saturated rings. The van der Waals surface area contributed by atoms with Crippen molar-refractivity contribution >= 4 is 17.1 Å². The number of anilines is 3. The Morgan fingerprint density at radius 3 is 2.45 bits per heavy atom. The second kappa shape index (κ2) is 8.47. The second-order valence-corrected chi connectivity index (χ2v) is 6.09. The summed E-state index contributed by atoms with van der Waals surface area (Å²) in [4.78, 5) is 0. The van der Waals surface area contributed by atoms with Gasteiger partial charge in [-0.25, -0.2) is 0 Å². The summed E-state index contributed by atoms with van der Waals surface area (Å²) in [5, 5.41) is 3.45. The van der Waals surface area contributed by atoms with Crippen molar-refractivity contribution < 1.29 is 0 Å². The van der Waals surface area contributed by atoms with Gasteiger partial charge in [0.05, 0.1) is 0 Å². The molecular weight excluding hydrogens is 268 g/mol. The van der Waals surface area contributed by atoms with Crippen LogP contribution in [0.1, 0.15) is 57.4 Å². The second-order valence-electron chi connectivity index (χ2n) is 6.09. The molecule has 0 heterocycles. The van der Waals surface area contributed by atoms with Crippen LogP contribution in [0.5, 0.6) is 0 Å². The molecule has 1 atom stereocenters. The molecule has 0 saturated heterocycles. The Kier molecular flexibility index (Phi) is 6.32. The number of nitrogens with two attached hydrogens (primary N) is 1. The number of unbranched alkanes of at least 4 members (excludes halogenated alkanes) is 3. The fourth-order valence-corrected chi connectivity index (χ4v) is 2.80. The standard InChI is InChI=1S/C20H28N2/c1-3-4-5-7-10-16(2)19-15-18(13-14-20(19)21)22-17-11-8-6-9-12-17/h6,8-9,11-16,22H,3-5,7,10,21H2,1-2H3. The summed E-state index contributed by atoms with van der Waals surface area (Å²) in [6, 6.07) is 16.5. The molecule has 2 aromatic carbocycles. The van der Waals surface area contributed by atoms with Crippen molar-refractivity contribution in [3.05, 3.63) is 54.1 Å². The van der Waals surface area contributed by atoms with Crippen molar-refractivity contribution in [3.63, 3.8) is 0 Å². The molecule has 0 amide bonds. The monoisotopic (exact) mass is 296 g/mol. The quantitative estimate of drug-likeness (QED) is 0.457. The van der Waals surface area contributed by atoms with E-state index in [9.17, 15) is 0 Å². The maximum Gasteiger partial charge on any atom is 0.0388 e. The van der Waals surface area contributed by atoms with Crippen LogP contribution in [0.4, 0.5) is 17.1 Å². The third kappa shape index (κ3) is 4.80. The molecule has 0 bridgehead atoms. The Balaban J connectivity index is 2.03. The van der Waals surface area contributed by atoms with E-state index in [1.807, 2.05) is 24.3 Å².